The van der Waals surface area contributed by atoms with Gasteiger partial charge in [0.2, 0.25) is 0 Å². The number of likely N-dealkylation sites (N-methyl/N-ethyl adjacent to an activating group) is 2. The Kier molecular flexibility index (Phi) is 5.32. The first-order valence-corrected chi connectivity index (χ1v) is 13.4. The number of hydrogen-bond acceptors (Lipinski definition) is 4. The number of hydrogen-bond donors (Lipinski definition) is 0. The van der Waals surface area contributed by atoms with Crippen LogP contribution in [0.3, 0.4) is 0 Å². The number of carbonyl (C=O) groups excluding carboxylic acids is 2. The van der Waals surface area contributed by atoms with E-state index in [4.69, 9.17) is 12.2 Å². The van der Waals surface area contributed by atoms with Gasteiger partial charge in [-0.2, -0.15) is 0 Å². The van der Waals surface area contributed by atoms with Crippen molar-refractivity contribution in [2.75, 3.05) is 19.0 Å². The van der Waals surface area contributed by atoms with Crippen molar-refractivity contribution in [3.8, 4) is 0 Å². The number of carbonyl (C=O) groups is 2. The molecule has 7 heteroatoms. The van der Waals surface area contributed by atoms with Crippen LogP contribution in [-0.2, 0) is 15.0 Å². The van der Waals surface area contributed by atoms with E-state index in [1.807, 2.05) is 6.07 Å². The van der Waals surface area contributed by atoms with Gasteiger partial charge in [-0.1, -0.05) is 0 Å². The SMILES string of the molecule is CN1C(=O)C(=Cc2ccc(N3c4ccccc4C(C)(C)c4ccccc43)[te]2)C(=O)N(C)C1=S. The second-order valence-corrected chi connectivity index (χ2v) is 12.2. The van der Waals surface area contributed by atoms with Gasteiger partial charge in [-0.05, 0) is 0 Å². The van der Waals surface area contributed by atoms with Crippen LogP contribution in [0, 0.1) is 0 Å². The fourth-order valence-electron chi connectivity index (χ4n) is 4.56. The topological polar surface area (TPSA) is 43.9 Å². The molecule has 0 bridgehead atoms. The molecule has 2 aromatic carbocycles. The molecule has 1 saturated heterocycles. The quantitative estimate of drug-likeness (QED) is 0.198. The minimum absolute atomic E-state index is 0.101. The van der Waals surface area contributed by atoms with Gasteiger partial charge in [0.1, 0.15) is 0 Å². The van der Waals surface area contributed by atoms with Gasteiger partial charge >= 0.3 is 209 Å². The second-order valence-electron chi connectivity index (χ2n) is 8.74. The molecule has 166 valence electrons. The standard InChI is InChI=1S/C26H23N3O2STe/c1-26(2)18-9-5-7-11-20(18)29(21-12-8-6-10-19(21)26)22-14-13-16(33-22)15-17-23(30)27(3)25(32)28(4)24(17)31/h5-15H,1-4H3. The molecule has 5 nitrogen and oxygen atoms in total. The van der Waals surface area contributed by atoms with Crippen LogP contribution in [0.4, 0.5) is 15.1 Å². The number of thiocarbonyl (C=S) groups is 1. The summed E-state index contributed by atoms with van der Waals surface area (Å²) in [5, 5.41) is 0.224. The van der Waals surface area contributed by atoms with Gasteiger partial charge in [0.25, 0.3) is 0 Å². The van der Waals surface area contributed by atoms with Gasteiger partial charge < -0.3 is 0 Å². The fraction of sp³-hybridized carbons (Fsp3) is 0.192. The summed E-state index contributed by atoms with van der Waals surface area (Å²) >= 11 is 4.37. The molecule has 33 heavy (non-hydrogen) atoms. The van der Waals surface area contributed by atoms with Crippen LogP contribution in [0.25, 0.3) is 6.08 Å². The molecule has 0 N–H and O–H groups in total. The van der Waals surface area contributed by atoms with E-state index in [9.17, 15) is 9.59 Å². The average molecular weight is 569 g/mol. The van der Waals surface area contributed by atoms with E-state index in [2.05, 4.69) is 73.3 Å². The van der Waals surface area contributed by atoms with Crippen molar-refractivity contribution in [1.82, 2.24) is 9.80 Å². The number of fused-ring (bicyclic) bond motifs is 2. The van der Waals surface area contributed by atoms with Crippen molar-refractivity contribution in [2.45, 2.75) is 19.3 Å². The maximum absolute atomic E-state index is 12.7. The Morgan fingerprint density at radius 2 is 1.33 bits per heavy atom. The van der Waals surface area contributed by atoms with Gasteiger partial charge in [-0.25, -0.2) is 0 Å². The van der Waals surface area contributed by atoms with Gasteiger partial charge in [-0.3, -0.25) is 0 Å². The molecular weight excluding hydrogens is 546 g/mol. The zero-order valence-corrected chi connectivity index (χ0v) is 22.0. The Labute approximate surface area is 208 Å². The Balaban J connectivity index is 1.61. The van der Waals surface area contributed by atoms with Crippen molar-refractivity contribution in [2.24, 2.45) is 0 Å². The second kappa shape index (κ2) is 7.95. The molecule has 3 heterocycles. The molecule has 0 unspecified atom stereocenters. The predicted molar refractivity (Wildman–Crippen MR) is 136 cm³/mol. The summed E-state index contributed by atoms with van der Waals surface area (Å²) < 4.78 is 2.28. The van der Waals surface area contributed by atoms with E-state index in [0.29, 0.717) is 0 Å². The van der Waals surface area contributed by atoms with E-state index in [0.717, 1.165) is 3.58 Å². The zero-order valence-electron chi connectivity index (χ0n) is 18.8. The monoisotopic (exact) mass is 571 g/mol. The molecule has 1 fully saturated rings. The van der Waals surface area contributed by atoms with E-state index in [1.165, 1.54) is 36.0 Å². The Morgan fingerprint density at radius 3 is 1.88 bits per heavy atom. The molecule has 3 aromatic rings. The number of nitrogens with zero attached hydrogens (tertiary/aromatic N) is 3. The molecule has 1 aromatic heterocycles. The van der Waals surface area contributed by atoms with Crippen LogP contribution in [0.1, 0.15) is 28.6 Å². The van der Waals surface area contributed by atoms with Crippen LogP contribution in [0.2, 0.25) is 0 Å². The summed E-state index contributed by atoms with van der Waals surface area (Å²) in [6.45, 7) is 4.54. The minimum atomic E-state index is -0.830. The summed E-state index contributed by atoms with van der Waals surface area (Å²) in [4.78, 5) is 30.6. The number of para-hydroxylation sites is 2. The third-order valence-corrected chi connectivity index (χ3v) is 9.85. The zero-order chi connectivity index (χ0) is 23.5. The fourth-order valence-corrected chi connectivity index (χ4v) is 7.52. The summed E-state index contributed by atoms with van der Waals surface area (Å²) in [5.41, 5.74) is 5.02. The first-order valence-electron chi connectivity index (χ1n) is 10.6. The van der Waals surface area contributed by atoms with Gasteiger partial charge in [-0.15, -0.1) is 0 Å². The van der Waals surface area contributed by atoms with E-state index < -0.39 is 20.4 Å². The average Bonchev–Trinajstić information content (AvgIpc) is 3.28. The molecule has 2 amide bonds. The number of amides is 2. The van der Waals surface area contributed by atoms with Crippen molar-refractivity contribution in [3.63, 3.8) is 0 Å². The first kappa shape index (κ1) is 22.1. The predicted octanol–water partition coefficient (Wildman–Crippen LogP) is 4.45. The van der Waals surface area contributed by atoms with Crippen molar-refractivity contribution >= 4 is 70.7 Å². The molecule has 0 spiro atoms. The summed E-state index contributed by atoms with van der Waals surface area (Å²) in [6.07, 6.45) is 1.76. The summed E-state index contributed by atoms with van der Waals surface area (Å²) in [5.74, 6) is -0.694. The summed E-state index contributed by atoms with van der Waals surface area (Å²) in [7, 11) is 3.21. The third-order valence-electron chi connectivity index (χ3n) is 6.40. The molecule has 2 aliphatic rings. The van der Waals surface area contributed by atoms with Crippen LogP contribution in [0.15, 0.2) is 66.2 Å². The normalized spacial score (nSPS) is 17.3. The van der Waals surface area contributed by atoms with E-state index >= 15 is 0 Å². The Morgan fingerprint density at radius 1 is 0.818 bits per heavy atom. The van der Waals surface area contributed by atoms with Gasteiger partial charge in [0, 0.05) is 0 Å². The third kappa shape index (κ3) is 3.38. The molecule has 0 aliphatic carbocycles. The number of anilines is 3. The van der Waals surface area contributed by atoms with Crippen LogP contribution < -0.4 is 4.90 Å². The Hall–Kier alpha value is -2.72. The van der Waals surface area contributed by atoms with E-state index in [-0.39, 0.29) is 27.9 Å². The molecule has 2 aliphatic heterocycles. The van der Waals surface area contributed by atoms with Crippen molar-refractivity contribution in [1.29, 1.82) is 0 Å². The van der Waals surface area contributed by atoms with E-state index in [1.54, 1.807) is 20.2 Å². The molecular formula is C26H23N3O2STe. The van der Waals surface area contributed by atoms with Crippen LogP contribution in [0.5, 0.6) is 0 Å². The number of benzene rings is 2. The van der Waals surface area contributed by atoms with Crippen LogP contribution in [-0.4, -0.2) is 61.3 Å². The van der Waals surface area contributed by atoms with Crippen molar-refractivity contribution < 1.29 is 9.59 Å². The van der Waals surface area contributed by atoms with Gasteiger partial charge in [0.15, 0.2) is 0 Å². The van der Waals surface area contributed by atoms with Crippen molar-refractivity contribution in [3.05, 3.63) is 80.9 Å². The molecule has 0 saturated carbocycles. The molecule has 5 rings (SSSR count). The first-order chi connectivity index (χ1) is 15.7. The van der Waals surface area contributed by atoms with Gasteiger partial charge in [0.05, 0.1) is 0 Å². The molecule has 0 atom stereocenters. The van der Waals surface area contributed by atoms with Crippen LogP contribution >= 0.6 is 12.2 Å². The summed E-state index contributed by atoms with van der Waals surface area (Å²) in [6, 6.07) is 21.3. The molecule has 0 radical (unpaired) electrons. The maximum atomic E-state index is 12.7. The number of rotatable bonds is 2. The Bertz CT molecular complexity index is 1280.